The number of rotatable bonds is 5. The summed E-state index contributed by atoms with van der Waals surface area (Å²) < 4.78 is 1.80. The van der Waals surface area contributed by atoms with Gasteiger partial charge in [0.25, 0.3) is 0 Å². The SMILES string of the molecule is Cc1cc(CNCC(C)C)nc(-c2ncc(Br)cc2Br)n1. The van der Waals surface area contributed by atoms with Gasteiger partial charge in [0, 0.05) is 27.4 Å². The summed E-state index contributed by atoms with van der Waals surface area (Å²) in [5, 5.41) is 3.40. The minimum atomic E-state index is 0.620. The number of nitrogens with zero attached hydrogens (tertiary/aromatic N) is 3. The van der Waals surface area contributed by atoms with Crippen LogP contribution < -0.4 is 5.32 Å². The lowest BCUT2D eigenvalue weighted by atomic mass is 10.2. The van der Waals surface area contributed by atoms with E-state index in [0.717, 1.165) is 39.1 Å². The zero-order valence-corrected chi connectivity index (χ0v) is 15.5. The van der Waals surface area contributed by atoms with E-state index in [-0.39, 0.29) is 0 Å². The van der Waals surface area contributed by atoms with Crippen molar-refractivity contribution in [2.75, 3.05) is 6.54 Å². The van der Waals surface area contributed by atoms with Crippen LogP contribution >= 0.6 is 31.9 Å². The number of hydrogen-bond acceptors (Lipinski definition) is 4. The lowest BCUT2D eigenvalue weighted by Crippen LogP contribution is -2.20. The van der Waals surface area contributed by atoms with Gasteiger partial charge in [-0.3, -0.25) is 4.98 Å². The molecule has 0 aromatic carbocycles. The van der Waals surface area contributed by atoms with E-state index >= 15 is 0 Å². The number of halogens is 2. The second kappa shape index (κ2) is 7.42. The average Bonchev–Trinajstić information content (AvgIpc) is 2.37. The largest absolute Gasteiger partial charge is 0.311 e. The first-order valence-corrected chi connectivity index (χ1v) is 8.41. The molecule has 0 spiro atoms. The van der Waals surface area contributed by atoms with Gasteiger partial charge in [-0.2, -0.15) is 0 Å². The Bertz CT molecular complexity index is 629. The van der Waals surface area contributed by atoms with Crippen LogP contribution in [-0.4, -0.2) is 21.5 Å². The lowest BCUT2D eigenvalue weighted by molar-refractivity contribution is 0.548. The molecule has 2 aromatic rings. The normalized spacial score (nSPS) is 11.1. The van der Waals surface area contributed by atoms with Gasteiger partial charge in [0.1, 0.15) is 5.69 Å². The molecule has 0 aliphatic carbocycles. The van der Waals surface area contributed by atoms with Gasteiger partial charge in [0.05, 0.1) is 5.69 Å². The molecular formula is C15H18Br2N4. The first-order valence-electron chi connectivity index (χ1n) is 6.82. The van der Waals surface area contributed by atoms with Crippen molar-refractivity contribution in [3.8, 4) is 11.5 Å². The molecule has 0 bridgehead atoms. The molecule has 0 atom stereocenters. The van der Waals surface area contributed by atoms with E-state index in [1.807, 2.05) is 19.1 Å². The fraction of sp³-hybridized carbons (Fsp3) is 0.400. The van der Waals surface area contributed by atoms with E-state index in [9.17, 15) is 0 Å². The minimum absolute atomic E-state index is 0.620. The van der Waals surface area contributed by atoms with Gasteiger partial charge in [-0.15, -0.1) is 0 Å². The molecule has 0 radical (unpaired) electrons. The van der Waals surface area contributed by atoms with Crippen LogP contribution in [0.25, 0.3) is 11.5 Å². The second-order valence-corrected chi connectivity index (χ2v) is 7.10. The van der Waals surface area contributed by atoms with Crippen LogP contribution in [0.15, 0.2) is 27.3 Å². The summed E-state index contributed by atoms with van der Waals surface area (Å²) in [7, 11) is 0. The predicted octanol–water partition coefficient (Wildman–Crippen LogP) is 4.12. The summed E-state index contributed by atoms with van der Waals surface area (Å²) in [6.07, 6.45) is 1.75. The van der Waals surface area contributed by atoms with Crippen molar-refractivity contribution in [2.24, 2.45) is 5.92 Å². The third-order valence-electron chi connectivity index (χ3n) is 2.79. The van der Waals surface area contributed by atoms with Crippen molar-refractivity contribution >= 4 is 31.9 Å². The molecule has 0 unspecified atom stereocenters. The maximum absolute atomic E-state index is 4.61. The van der Waals surface area contributed by atoms with Crippen molar-refractivity contribution in [3.63, 3.8) is 0 Å². The van der Waals surface area contributed by atoms with Crippen molar-refractivity contribution < 1.29 is 0 Å². The van der Waals surface area contributed by atoms with Crippen LogP contribution in [0, 0.1) is 12.8 Å². The summed E-state index contributed by atoms with van der Waals surface area (Å²) in [6.45, 7) is 8.06. The number of pyridine rings is 1. The molecule has 112 valence electrons. The molecule has 4 nitrogen and oxygen atoms in total. The maximum Gasteiger partial charge on any atom is 0.179 e. The summed E-state index contributed by atoms with van der Waals surface area (Å²) in [5.41, 5.74) is 2.68. The van der Waals surface area contributed by atoms with Crippen LogP contribution in [0.4, 0.5) is 0 Å². The minimum Gasteiger partial charge on any atom is -0.311 e. The highest BCUT2D eigenvalue weighted by atomic mass is 79.9. The van der Waals surface area contributed by atoms with Crippen molar-refractivity contribution in [2.45, 2.75) is 27.3 Å². The van der Waals surface area contributed by atoms with Gasteiger partial charge in [0.2, 0.25) is 0 Å². The second-order valence-electron chi connectivity index (χ2n) is 5.33. The van der Waals surface area contributed by atoms with Gasteiger partial charge in [-0.1, -0.05) is 13.8 Å². The Labute approximate surface area is 142 Å². The summed E-state index contributed by atoms with van der Waals surface area (Å²) in [5.74, 6) is 1.27. The fourth-order valence-corrected chi connectivity index (χ4v) is 3.06. The Hall–Kier alpha value is -0.850. The van der Waals surface area contributed by atoms with E-state index in [1.54, 1.807) is 6.20 Å². The molecule has 2 heterocycles. The number of hydrogen-bond donors (Lipinski definition) is 1. The van der Waals surface area contributed by atoms with Crippen LogP contribution in [0.5, 0.6) is 0 Å². The summed E-state index contributed by atoms with van der Waals surface area (Å²) >= 11 is 6.92. The van der Waals surface area contributed by atoms with Gasteiger partial charge in [0.15, 0.2) is 5.82 Å². The highest BCUT2D eigenvalue weighted by molar-refractivity contribution is 9.11. The first-order chi connectivity index (χ1) is 9.95. The zero-order chi connectivity index (χ0) is 15.4. The Kier molecular flexibility index (Phi) is 5.84. The highest BCUT2D eigenvalue weighted by Crippen LogP contribution is 2.26. The Balaban J connectivity index is 2.26. The highest BCUT2D eigenvalue weighted by Gasteiger charge is 2.10. The molecule has 0 aliphatic rings. The molecular weight excluding hydrogens is 396 g/mol. The maximum atomic E-state index is 4.61. The molecule has 0 fully saturated rings. The van der Waals surface area contributed by atoms with Crippen LogP contribution in [0.1, 0.15) is 25.2 Å². The zero-order valence-electron chi connectivity index (χ0n) is 12.3. The van der Waals surface area contributed by atoms with Crippen molar-refractivity contribution in [3.05, 3.63) is 38.7 Å². The number of aryl methyl sites for hydroxylation is 1. The van der Waals surface area contributed by atoms with Gasteiger partial charge in [-0.05, 0) is 63.4 Å². The fourth-order valence-electron chi connectivity index (χ4n) is 1.90. The molecule has 0 saturated carbocycles. The Morgan fingerprint density at radius 2 is 1.95 bits per heavy atom. The quantitative estimate of drug-likeness (QED) is 0.800. The predicted molar refractivity (Wildman–Crippen MR) is 91.9 cm³/mol. The number of aromatic nitrogens is 3. The number of nitrogens with one attached hydrogen (secondary N) is 1. The topological polar surface area (TPSA) is 50.7 Å². The molecule has 0 aliphatic heterocycles. The van der Waals surface area contributed by atoms with Gasteiger partial charge >= 0.3 is 0 Å². The summed E-state index contributed by atoms with van der Waals surface area (Å²) in [6, 6.07) is 3.95. The van der Waals surface area contributed by atoms with Crippen LogP contribution in [0.3, 0.4) is 0 Å². The van der Waals surface area contributed by atoms with E-state index in [1.165, 1.54) is 0 Å². The monoisotopic (exact) mass is 412 g/mol. The molecule has 2 rings (SSSR count). The molecule has 6 heteroatoms. The Morgan fingerprint density at radius 1 is 1.19 bits per heavy atom. The summed E-state index contributed by atoms with van der Waals surface area (Å²) in [4.78, 5) is 13.5. The smallest absolute Gasteiger partial charge is 0.179 e. The third-order valence-corrected chi connectivity index (χ3v) is 3.82. The first kappa shape index (κ1) is 16.5. The van der Waals surface area contributed by atoms with E-state index < -0.39 is 0 Å². The van der Waals surface area contributed by atoms with E-state index in [2.05, 4.69) is 66.0 Å². The average molecular weight is 414 g/mol. The molecule has 0 saturated heterocycles. The van der Waals surface area contributed by atoms with E-state index in [4.69, 9.17) is 0 Å². The van der Waals surface area contributed by atoms with Crippen molar-refractivity contribution in [1.29, 1.82) is 0 Å². The molecule has 0 amide bonds. The molecule has 21 heavy (non-hydrogen) atoms. The van der Waals surface area contributed by atoms with Crippen molar-refractivity contribution in [1.82, 2.24) is 20.3 Å². The van der Waals surface area contributed by atoms with Crippen LogP contribution in [-0.2, 0) is 6.54 Å². The van der Waals surface area contributed by atoms with Gasteiger partial charge < -0.3 is 5.32 Å². The standard InChI is InChI=1S/C15H18Br2N4/c1-9(2)6-18-8-12-4-10(3)20-15(21-12)14-13(17)5-11(16)7-19-14/h4-5,7,9,18H,6,8H2,1-3H3. The van der Waals surface area contributed by atoms with Gasteiger partial charge in [-0.25, -0.2) is 9.97 Å². The van der Waals surface area contributed by atoms with Crippen LogP contribution in [0.2, 0.25) is 0 Å². The Morgan fingerprint density at radius 3 is 2.62 bits per heavy atom. The third kappa shape index (κ3) is 4.83. The molecule has 1 N–H and O–H groups in total. The van der Waals surface area contributed by atoms with E-state index in [0.29, 0.717) is 11.7 Å². The molecule has 2 aromatic heterocycles. The lowest BCUT2D eigenvalue weighted by Gasteiger charge is -2.09.